The molecule has 0 radical (unpaired) electrons. The third kappa shape index (κ3) is 6.48. The predicted octanol–water partition coefficient (Wildman–Crippen LogP) is 6.63. The van der Waals surface area contributed by atoms with E-state index in [2.05, 4.69) is 37.5 Å². The second kappa shape index (κ2) is 13.5. The average Bonchev–Trinajstić information content (AvgIpc) is 3.12. The number of hydrogen-bond acceptors (Lipinski definition) is 10. The van der Waals surface area contributed by atoms with Crippen molar-refractivity contribution in [3.8, 4) is 34.1 Å². The van der Waals surface area contributed by atoms with Crippen LogP contribution >= 0.6 is 0 Å². The first-order valence-corrected chi connectivity index (χ1v) is 16.3. The number of esters is 1. The van der Waals surface area contributed by atoms with Crippen LogP contribution in [0.25, 0.3) is 11.1 Å². The molecule has 2 heterocycles. The molecular weight excluding hydrogens is 638 g/mol. The molecule has 0 aromatic heterocycles. The summed E-state index contributed by atoms with van der Waals surface area (Å²) in [6.45, 7) is 10.2. The van der Waals surface area contributed by atoms with E-state index in [0.717, 1.165) is 22.6 Å². The maximum atomic E-state index is 13.0. The van der Waals surface area contributed by atoms with Gasteiger partial charge in [-0.3, -0.25) is 10.0 Å². The van der Waals surface area contributed by atoms with Crippen LogP contribution in [0.1, 0.15) is 59.5 Å². The number of hydrogen-bond donors (Lipinski definition) is 2. The number of hydroxylamine groups is 1. The zero-order chi connectivity index (χ0) is 35.8. The average molecular weight is 682 g/mol. The van der Waals surface area contributed by atoms with Crippen molar-refractivity contribution in [1.29, 1.82) is 0 Å². The number of methoxy groups -OCH3 is 3. The minimum Gasteiger partial charge on any atom is -0.497 e. The van der Waals surface area contributed by atoms with Crippen LogP contribution in [0.3, 0.4) is 0 Å². The summed E-state index contributed by atoms with van der Waals surface area (Å²) in [6.07, 6.45) is 0. The summed E-state index contributed by atoms with van der Waals surface area (Å²) >= 11 is 0. The highest BCUT2D eigenvalue weighted by atomic mass is 16.5. The van der Waals surface area contributed by atoms with Gasteiger partial charge in [0.1, 0.15) is 30.5 Å². The molecule has 0 bridgehead atoms. The number of fused-ring (bicyclic) bond motifs is 2. The molecule has 50 heavy (non-hydrogen) atoms. The predicted molar refractivity (Wildman–Crippen MR) is 190 cm³/mol. The first kappa shape index (κ1) is 34.4. The van der Waals surface area contributed by atoms with Crippen LogP contribution in [0.2, 0.25) is 0 Å². The van der Waals surface area contributed by atoms with Crippen molar-refractivity contribution < 1.29 is 38.5 Å². The number of rotatable bonds is 9. The van der Waals surface area contributed by atoms with Crippen LogP contribution in [0.4, 0.5) is 11.4 Å². The highest BCUT2D eigenvalue weighted by Crippen LogP contribution is 2.49. The van der Waals surface area contributed by atoms with Gasteiger partial charge in [0, 0.05) is 29.8 Å². The molecule has 262 valence electrons. The first-order chi connectivity index (χ1) is 23.9. The molecule has 2 aliphatic rings. The first-order valence-electron chi connectivity index (χ1n) is 16.3. The van der Waals surface area contributed by atoms with Gasteiger partial charge in [-0.1, -0.05) is 18.2 Å². The Hall–Kier alpha value is -5.42. The second-order valence-corrected chi connectivity index (χ2v) is 13.7. The van der Waals surface area contributed by atoms with Crippen molar-refractivity contribution in [2.45, 2.75) is 51.9 Å². The van der Waals surface area contributed by atoms with Gasteiger partial charge in [0.25, 0.3) is 5.91 Å². The minimum atomic E-state index is -0.648. The Kier molecular flexibility index (Phi) is 9.28. The smallest absolute Gasteiger partial charge is 0.337 e. The van der Waals surface area contributed by atoms with Crippen LogP contribution in [-0.4, -0.2) is 62.7 Å². The summed E-state index contributed by atoms with van der Waals surface area (Å²) in [7, 11) is 4.60. The van der Waals surface area contributed by atoms with Gasteiger partial charge >= 0.3 is 5.97 Å². The maximum Gasteiger partial charge on any atom is 0.337 e. The molecule has 4 aromatic carbocycles. The number of carbonyl (C=O) groups excluding carboxylic acids is 2. The van der Waals surface area contributed by atoms with Crippen LogP contribution in [0.5, 0.6) is 23.0 Å². The van der Waals surface area contributed by atoms with Crippen molar-refractivity contribution in [1.82, 2.24) is 5.48 Å². The van der Waals surface area contributed by atoms with Gasteiger partial charge < -0.3 is 33.5 Å². The van der Waals surface area contributed by atoms with E-state index in [1.165, 1.54) is 7.11 Å². The summed E-state index contributed by atoms with van der Waals surface area (Å²) in [6, 6.07) is 22.6. The Morgan fingerprint density at radius 1 is 0.740 bits per heavy atom. The van der Waals surface area contributed by atoms with Crippen LogP contribution in [0.15, 0.2) is 72.8 Å². The van der Waals surface area contributed by atoms with Crippen LogP contribution in [-0.2, 0) is 17.8 Å². The quantitative estimate of drug-likeness (QED) is 0.113. The third-order valence-corrected chi connectivity index (χ3v) is 9.40. The standard InChI is InChI=1S/C39H43N3O8/c1-38(2)22-49-34-15-11-26(37(44)48-7)18-31(34)41(38)21-25-10-14-33(47-6)29(16-25)30-17-27(36(43)40-45)19-32-35(30)50-23-39(3,4)42(32)20-24-8-12-28(46-5)13-9-24/h8-19,45H,20-23H2,1-7H3,(H,40,43). The number of ether oxygens (including phenoxy) is 5. The lowest BCUT2D eigenvalue weighted by atomic mass is 9.92. The SMILES string of the molecule is COC(=O)c1ccc2c(c1)N(Cc1ccc(OC)c(-c3cc(C(=O)NO)cc4c3OCC(C)(C)N4Cc3ccc(OC)cc3)c1)C(C)(C)CO2. The fourth-order valence-electron chi connectivity index (χ4n) is 6.53. The third-order valence-electron chi connectivity index (χ3n) is 9.40. The molecule has 11 nitrogen and oxygen atoms in total. The van der Waals surface area contributed by atoms with Crippen molar-refractivity contribution in [3.05, 3.63) is 95.1 Å². The Morgan fingerprint density at radius 2 is 1.38 bits per heavy atom. The largest absolute Gasteiger partial charge is 0.497 e. The van der Waals surface area contributed by atoms with Gasteiger partial charge in [0.05, 0.1) is 49.3 Å². The lowest BCUT2D eigenvalue weighted by Crippen LogP contribution is -2.51. The Morgan fingerprint density at radius 3 is 2.04 bits per heavy atom. The number of nitrogens with one attached hydrogen (secondary N) is 1. The maximum absolute atomic E-state index is 13.0. The summed E-state index contributed by atoms with van der Waals surface area (Å²) < 4.78 is 28.9. The Labute approximate surface area is 292 Å². The molecule has 0 atom stereocenters. The molecule has 0 aliphatic carbocycles. The second-order valence-electron chi connectivity index (χ2n) is 13.7. The van der Waals surface area contributed by atoms with Gasteiger partial charge in [-0.2, -0.15) is 0 Å². The van der Waals surface area contributed by atoms with E-state index in [-0.39, 0.29) is 5.56 Å². The molecule has 0 saturated carbocycles. The monoisotopic (exact) mass is 681 g/mol. The Bertz CT molecular complexity index is 1920. The van der Waals surface area contributed by atoms with E-state index >= 15 is 0 Å². The number of carbonyl (C=O) groups is 2. The number of anilines is 2. The van der Waals surface area contributed by atoms with E-state index in [9.17, 15) is 14.8 Å². The fraction of sp³-hybridized carbons (Fsp3) is 0.333. The lowest BCUT2D eigenvalue weighted by molar-refractivity contribution is 0.0600. The zero-order valence-corrected chi connectivity index (χ0v) is 29.5. The van der Waals surface area contributed by atoms with Crippen molar-refractivity contribution in [3.63, 3.8) is 0 Å². The highest BCUT2D eigenvalue weighted by molar-refractivity contribution is 5.98. The van der Waals surface area contributed by atoms with E-state index in [4.69, 9.17) is 23.7 Å². The molecule has 11 heteroatoms. The van der Waals surface area contributed by atoms with E-state index in [0.29, 0.717) is 65.9 Å². The minimum absolute atomic E-state index is 0.258. The molecule has 1 amide bonds. The summed E-state index contributed by atoms with van der Waals surface area (Å²) in [5.41, 5.74) is 6.46. The Balaban J connectivity index is 1.47. The van der Waals surface area contributed by atoms with Crippen LogP contribution in [0, 0.1) is 0 Å². The van der Waals surface area contributed by atoms with Crippen molar-refractivity contribution >= 4 is 23.3 Å². The molecule has 0 fully saturated rings. The molecule has 2 N–H and O–H groups in total. The zero-order valence-electron chi connectivity index (χ0n) is 29.5. The summed E-state index contributed by atoms with van der Waals surface area (Å²) in [4.78, 5) is 29.9. The van der Waals surface area contributed by atoms with Gasteiger partial charge in [0.2, 0.25) is 0 Å². The van der Waals surface area contributed by atoms with E-state index < -0.39 is 23.0 Å². The normalized spacial score (nSPS) is 15.5. The van der Waals surface area contributed by atoms with Gasteiger partial charge in [-0.25, -0.2) is 10.3 Å². The fourth-order valence-corrected chi connectivity index (χ4v) is 6.53. The van der Waals surface area contributed by atoms with E-state index in [1.807, 2.05) is 42.5 Å². The number of benzene rings is 4. The number of amides is 1. The molecule has 0 saturated heterocycles. The van der Waals surface area contributed by atoms with Gasteiger partial charge in [-0.05, 0) is 93.4 Å². The molecule has 6 rings (SSSR count). The molecule has 4 aromatic rings. The van der Waals surface area contributed by atoms with Crippen molar-refractivity contribution in [2.24, 2.45) is 0 Å². The molecular formula is C39H43N3O8. The molecule has 0 unspecified atom stereocenters. The number of nitrogens with zero attached hydrogens (tertiary/aromatic N) is 2. The molecule has 0 spiro atoms. The van der Waals surface area contributed by atoms with E-state index in [1.54, 1.807) is 50.0 Å². The van der Waals surface area contributed by atoms with Crippen molar-refractivity contribution in [2.75, 3.05) is 44.3 Å². The lowest BCUT2D eigenvalue weighted by Gasteiger charge is -2.45. The van der Waals surface area contributed by atoms with Gasteiger partial charge in [0.15, 0.2) is 5.75 Å². The summed E-state index contributed by atoms with van der Waals surface area (Å²) in [5.74, 6) is 1.55. The topological polar surface area (TPSA) is 119 Å². The molecule has 2 aliphatic heterocycles. The highest BCUT2D eigenvalue weighted by Gasteiger charge is 2.38. The van der Waals surface area contributed by atoms with Gasteiger partial charge in [-0.15, -0.1) is 0 Å². The van der Waals surface area contributed by atoms with Crippen LogP contribution < -0.4 is 34.2 Å². The summed E-state index contributed by atoms with van der Waals surface area (Å²) in [5, 5.41) is 9.71.